The van der Waals surface area contributed by atoms with Crippen LogP contribution >= 0.6 is 0 Å². The number of rotatable bonds is 7. The summed E-state index contributed by atoms with van der Waals surface area (Å²) >= 11 is 0. The van der Waals surface area contributed by atoms with Crippen molar-refractivity contribution in [3.05, 3.63) is 66.2 Å². The lowest BCUT2D eigenvalue weighted by Gasteiger charge is -2.16. The van der Waals surface area contributed by atoms with Gasteiger partial charge in [-0.15, -0.1) is 0 Å². The van der Waals surface area contributed by atoms with Gasteiger partial charge in [-0.3, -0.25) is 9.78 Å². The van der Waals surface area contributed by atoms with E-state index in [1.165, 1.54) is 13.4 Å². The average Bonchev–Trinajstić information content (AvgIpc) is 2.86. The summed E-state index contributed by atoms with van der Waals surface area (Å²) < 4.78 is 5.12. The number of methoxy groups -OCH3 is 1. The van der Waals surface area contributed by atoms with Gasteiger partial charge in [-0.25, -0.2) is 15.0 Å². The van der Waals surface area contributed by atoms with Crippen LogP contribution in [0.25, 0.3) is 22.2 Å². The maximum absolute atomic E-state index is 12.2. The van der Waals surface area contributed by atoms with Crippen LogP contribution in [-0.2, 0) is 0 Å². The van der Waals surface area contributed by atoms with Gasteiger partial charge in [-0.05, 0) is 17.7 Å². The summed E-state index contributed by atoms with van der Waals surface area (Å²) in [4.78, 5) is 29.7. The van der Waals surface area contributed by atoms with Crippen molar-refractivity contribution in [1.29, 1.82) is 0 Å². The van der Waals surface area contributed by atoms with Gasteiger partial charge >= 0.3 is 0 Å². The number of ether oxygens (including phenoxy) is 1. The molecule has 0 aliphatic heterocycles. The summed E-state index contributed by atoms with van der Waals surface area (Å²) in [5.41, 5.74) is 10.4. The van der Waals surface area contributed by atoms with E-state index >= 15 is 0 Å². The van der Waals surface area contributed by atoms with E-state index < -0.39 is 0 Å². The van der Waals surface area contributed by atoms with E-state index in [2.05, 4.69) is 37.5 Å². The second kappa shape index (κ2) is 9.47. The number of hydrogen-bond donors (Lipinski definition) is 3. The van der Waals surface area contributed by atoms with E-state index in [9.17, 15) is 4.79 Å². The lowest BCUT2D eigenvalue weighted by atomic mass is 9.96. The Kier molecular flexibility index (Phi) is 6.30. The second-order valence-electron chi connectivity index (χ2n) is 7.57. The van der Waals surface area contributed by atoms with Gasteiger partial charge in [0, 0.05) is 48.9 Å². The quantitative estimate of drug-likeness (QED) is 0.397. The second-order valence-corrected chi connectivity index (χ2v) is 7.57. The van der Waals surface area contributed by atoms with Crippen molar-refractivity contribution >= 4 is 28.3 Å². The van der Waals surface area contributed by atoms with Crippen LogP contribution < -0.4 is 21.1 Å². The summed E-state index contributed by atoms with van der Waals surface area (Å²) in [5, 5.41) is 6.88. The fourth-order valence-corrected chi connectivity index (χ4v) is 3.69. The number of benzene rings is 1. The van der Waals surface area contributed by atoms with Crippen molar-refractivity contribution in [2.45, 2.75) is 12.8 Å². The van der Waals surface area contributed by atoms with E-state index in [-0.39, 0.29) is 11.8 Å². The average molecular weight is 444 g/mol. The van der Waals surface area contributed by atoms with E-state index in [4.69, 9.17) is 10.5 Å². The molecule has 0 aliphatic carbocycles. The Morgan fingerprint density at radius 1 is 1.15 bits per heavy atom. The summed E-state index contributed by atoms with van der Waals surface area (Å²) in [6.07, 6.45) is 4.83. The molecule has 9 nitrogen and oxygen atoms in total. The van der Waals surface area contributed by atoms with Gasteiger partial charge in [0.05, 0.1) is 29.6 Å². The fraction of sp³-hybridized carbons (Fsp3) is 0.208. The minimum Gasteiger partial charge on any atom is -0.480 e. The molecule has 168 valence electrons. The highest BCUT2D eigenvalue weighted by atomic mass is 16.5. The Bertz CT molecular complexity index is 1310. The highest BCUT2D eigenvalue weighted by Crippen LogP contribution is 2.28. The molecule has 33 heavy (non-hydrogen) atoms. The number of hydrogen-bond acceptors (Lipinski definition) is 8. The van der Waals surface area contributed by atoms with Crippen LogP contribution in [0.2, 0.25) is 0 Å². The van der Waals surface area contributed by atoms with Crippen LogP contribution in [0.5, 0.6) is 5.88 Å². The SMILES string of the molecule is CNC(=O)c1ccnc2c([C@H](C)CNc3cc(-c4cnc(OC)c(N)c4)ncn3)cccc12. The van der Waals surface area contributed by atoms with Crippen molar-refractivity contribution in [3.63, 3.8) is 0 Å². The van der Waals surface area contributed by atoms with Crippen LogP contribution in [0.3, 0.4) is 0 Å². The fourth-order valence-electron chi connectivity index (χ4n) is 3.69. The molecule has 1 aromatic carbocycles. The number of carbonyl (C=O) groups excluding carboxylic acids is 1. The molecule has 0 bridgehead atoms. The summed E-state index contributed by atoms with van der Waals surface area (Å²) in [6, 6.07) is 11.3. The molecule has 1 atom stereocenters. The number of amides is 1. The van der Waals surface area contributed by atoms with Crippen molar-refractivity contribution in [3.8, 4) is 17.1 Å². The third kappa shape index (κ3) is 4.52. The van der Waals surface area contributed by atoms with Crippen LogP contribution in [-0.4, -0.2) is 46.5 Å². The van der Waals surface area contributed by atoms with E-state index in [1.54, 1.807) is 31.6 Å². The van der Waals surface area contributed by atoms with E-state index in [0.717, 1.165) is 22.0 Å². The molecule has 0 radical (unpaired) electrons. The molecule has 1 amide bonds. The number of aromatic nitrogens is 4. The predicted octanol–water partition coefficient (Wildman–Crippen LogP) is 3.25. The Balaban J connectivity index is 1.55. The zero-order chi connectivity index (χ0) is 23.4. The number of anilines is 2. The van der Waals surface area contributed by atoms with Gasteiger partial charge in [0.2, 0.25) is 5.88 Å². The lowest BCUT2D eigenvalue weighted by Crippen LogP contribution is -2.18. The maximum Gasteiger partial charge on any atom is 0.251 e. The first-order chi connectivity index (χ1) is 16.0. The molecule has 3 aromatic heterocycles. The number of fused-ring (bicyclic) bond motifs is 1. The first-order valence-corrected chi connectivity index (χ1v) is 10.5. The smallest absolute Gasteiger partial charge is 0.251 e. The van der Waals surface area contributed by atoms with Crippen molar-refractivity contribution in [2.24, 2.45) is 0 Å². The number of nitrogen functional groups attached to an aromatic ring is 1. The minimum atomic E-state index is -0.132. The lowest BCUT2D eigenvalue weighted by molar-refractivity contribution is 0.0964. The first-order valence-electron chi connectivity index (χ1n) is 10.5. The maximum atomic E-state index is 12.2. The molecule has 3 heterocycles. The topological polar surface area (TPSA) is 128 Å². The molecule has 0 fully saturated rings. The molecule has 0 spiro atoms. The third-order valence-corrected chi connectivity index (χ3v) is 5.43. The Labute approximate surface area is 191 Å². The molecule has 0 unspecified atom stereocenters. The van der Waals surface area contributed by atoms with E-state index in [0.29, 0.717) is 35.2 Å². The molecule has 4 N–H and O–H groups in total. The highest BCUT2D eigenvalue weighted by molar-refractivity contribution is 6.06. The van der Waals surface area contributed by atoms with Gasteiger partial charge in [-0.2, -0.15) is 0 Å². The zero-order valence-electron chi connectivity index (χ0n) is 18.7. The summed E-state index contributed by atoms with van der Waals surface area (Å²) in [5.74, 6) is 1.04. The van der Waals surface area contributed by atoms with Crippen LogP contribution in [0.1, 0.15) is 28.8 Å². The molecule has 4 rings (SSSR count). The number of nitrogens with one attached hydrogen (secondary N) is 2. The van der Waals surface area contributed by atoms with Crippen LogP contribution in [0, 0.1) is 0 Å². The number of carbonyl (C=O) groups is 1. The normalized spacial score (nSPS) is 11.7. The van der Waals surface area contributed by atoms with Crippen molar-refractivity contribution in [1.82, 2.24) is 25.3 Å². The van der Waals surface area contributed by atoms with Gasteiger partial charge in [0.15, 0.2) is 0 Å². The number of para-hydroxylation sites is 1. The third-order valence-electron chi connectivity index (χ3n) is 5.43. The molecule has 9 heteroatoms. The largest absolute Gasteiger partial charge is 0.480 e. The minimum absolute atomic E-state index is 0.109. The first kappa shape index (κ1) is 21.9. The number of nitrogens with two attached hydrogens (primary N) is 1. The molecular formula is C24H25N7O2. The van der Waals surface area contributed by atoms with Gasteiger partial charge < -0.3 is 21.1 Å². The summed E-state index contributed by atoms with van der Waals surface area (Å²) in [7, 11) is 3.15. The Morgan fingerprint density at radius 2 is 2.00 bits per heavy atom. The monoisotopic (exact) mass is 443 g/mol. The van der Waals surface area contributed by atoms with Crippen LogP contribution in [0.15, 0.2) is 55.1 Å². The highest BCUT2D eigenvalue weighted by Gasteiger charge is 2.15. The standard InChI is InChI=1S/C24H25N7O2/c1-14(16-5-4-6-17-18(23(32)26-2)7-8-27-22(16)17)11-28-21-10-20(30-13-31-21)15-9-19(25)24(33-3)29-12-15/h4-10,12-14H,11,25H2,1-3H3,(H,26,32)(H,28,30,31)/t14-/m1/s1. The van der Waals surface area contributed by atoms with Gasteiger partial charge in [-0.1, -0.05) is 25.1 Å². The number of pyridine rings is 2. The van der Waals surface area contributed by atoms with Crippen LogP contribution in [0.4, 0.5) is 11.5 Å². The Morgan fingerprint density at radius 3 is 2.76 bits per heavy atom. The van der Waals surface area contributed by atoms with E-state index in [1.807, 2.05) is 24.3 Å². The molecule has 0 saturated carbocycles. The Hall–Kier alpha value is -4.27. The molecule has 0 saturated heterocycles. The summed E-state index contributed by atoms with van der Waals surface area (Å²) in [6.45, 7) is 2.72. The molecule has 0 aliphatic rings. The zero-order valence-corrected chi connectivity index (χ0v) is 18.7. The molecule has 4 aromatic rings. The van der Waals surface area contributed by atoms with Crippen molar-refractivity contribution in [2.75, 3.05) is 31.8 Å². The van der Waals surface area contributed by atoms with Gasteiger partial charge in [0.1, 0.15) is 12.1 Å². The van der Waals surface area contributed by atoms with Gasteiger partial charge in [0.25, 0.3) is 5.91 Å². The number of nitrogens with zero attached hydrogens (tertiary/aromatic N) is 4. The predicted molar refractivity (Wildman–Crippen MR) is 128 cm³/mol. The molecular weight excluding hydrogens is 418 g/mol. The van der Waals surface area contributed by atoms with Crippen molar-refractivity contribution < 1.29 is 9.53 Å².